The Balaban J connectivity index is 1.36. The number of hydrogen-bond donors (Lipinski definition) is 2. The second kappa shape index (κ2) is 7.25. The molecule has 2 saturated heterocycles. The highest BCUT2D eigenvalue weighted by Crippen LogP contribution is 2.41. The molecule has 9 heteroatoms. The monoisotopic (exact) mass is 429 g/mol. The number of aromatic nitrogens is 2. The third-order valence-corrected chi connectivity index (χ3v) is 6.48. The standard InChI is InChI=1S/C22H22F3N5O/c23-22(24,25)12-4-7-19(28-10-12)30-14-5-6-15(30)9-13(8-14)29-20-16-2-1-3-18(16)27-11-17(20)21(26)31/h1-2,4,7,10-11,13-15H,3,5-6,8-9H2,(H2,26,31)(H,27,29)/t13?,14-,15+. The predicted molar refractivity (Wildman–Crippen MR) is 111 cm³/mol. The summed E-state index contributed by atoms with van der Waals surface area (Å²) in [5.41, 5.74) is 7.79. The first-order valence-electron chi connectivity index (χ1n) is 10.4. The Labute approximate surface area is 177 Å². The fourth-order valence-corrected chi connectivity index (χ4v) is 5.12. The van der Waals surface area contributed by atoms with E-state index in [1.165, 1.54) is 12.3 Å². The van der Waals surface area contributed by atoms with Gasteiger partial charge in [-0.1, -0.05) is 12.2 Å². The number of nitrogens with two attached hydrogens (primary N) is 1. The summed E-state index contributed by atoms with van der Waals surface area (Å²) in [6.45, 7) is 0. The van der Waals surface area contributed by atoms with Crippen LogP contribution < -0.4 is 16.0 Å². The molecule has 3 aliphatic rings. The van der Waals surface area contributed by atoms with E-state index in [-0.39, 0.29) is 18.1 Å². The molecular formula is C22H22F3N5O. The van der Waals surface area contributed by atoms with Crippen molar-refractivity contribution in [2.75, 3.05) is 10.2 Å². The molecule has 3 N–H and O–H groups in total. The molecule has 1 amide bonds. The van der Waals surface area contributed by atoms with Crippen LogP contribution in [0.2, 0.25) is 0 Å². The van der Waals surface area contributed by atoms with Crippen molar-refractivity contribution in [2.24, 2.45) is 5.73 Å². The highest BCUT2D eigenvalue weighted by molar-refractivity contribution is 6.00. The Morgan fingerprint density at radius 3 is 2.48 bits per heavy atom. The number of anilines is 2. The zero-order chi connectivity index (χ0) is 21.8. The zero-order valence-electron chi connectivity index (χ0n) is 16.7. The number of carbonyl (C=O) groups is 1. The average molecular weight is 429 g/mol. The van der Waals surface area contributed by atoms with Gasteiger partial charge in [0.2, 0.25) is 0 Å². The summed E-state index contributed by atoms with van der Waals surface area (Å²) < 4.78 is 38.6. The van der Waals surface area contributed by atoms with Crippen LogP contribution in [0, 0.1) is 0 Å². The molecule has 5 rings (SSSR count). The van der Waals surface area contributed by atoms with E-state index in [2.05, 4.69) is 20.2 Å². The Hall–Kier alpha value is -3.10. The van der Waals surface area contributed by atoms with Crippen LogP contribution >= 0.6 is 0 Å². The van der Waals surface area contributed by atoms with Gasteiger partial charge in [0, 0.05) is 42.5 Å². The third-order valence-electron chi connectivity index (χ3n) is 6.48. The van der Waals surface area contributed by atoms with Gasteiger partial charge in [0.1, 0.15) is 5.82 Å². The van der Waals surface area contributed by atoms with Crippen LogP contribution in [0.1, 0.15) is 52.9 Å². The van der Waals surface area contributed by atoms with Crippen LogP contribution in [0.3, 0.4) is 0 Å². The minimum Gasteiger partial charge on any atom is -0.381 e. The molecule has 1 aliphatic carbocycles. The van der Waals surface area contributed by atoms with Crippen molar-refractivity contribution in [3.63, 3.8) is 0 Å². The van der Waals surface area contributed by atoms with E-state index in [0.717, 1.165) is 61.3 Å². The van der Waals surface area contributed by atoms with E-state index >= 15 is 0 Å². The molecule has 0 spiro atoms. The fraction of sp³-hybridized carbons (Fsp3) is 0.409. The largest absolute Gasteiger partial charge is 0.417 e. The first-order chi connectivity index (χ1) is 14.8. The van der Waals surface area contributed by atoms with Gasteiger partial charge in [0.05, 0.1) is 22.5 Å². The van der Waals surface area contributed by atoms with Crippen molar-refractivity contribution >= 4 is 23.5 Å². The molecule has 2 aromatic rings. The number of hydrogen-bond acceptors (Lipinski definition) is 5. The van der Waals surface area contributed by atoms with E-state index < -0.39 is 17.6 Å². The number of amides is 1. The van der Waals surface area contributed by atoms with Crippen LogP contribution in [0.25, 0.3) is 6.08 Å². The van der Waals surface area contributed by atoms with Crippen molar-refractivity contribution in [1.82, 2.24) is 9.97 Å². The van der Waals surface area contributed by atoms with E-state index in [0.29, 0.717) is 11.4 Å². The molecule has 2 fully saturated rings. The number of primary amides is 1. The molecule has 3 atom stereocenters. The second-order valence-electron chi connectivity index (χ2n) is 8.39. The van der Waals surface area contributed by atoms with Crippen molar-refractivity contribution in [3.8, 4) is 0 Å². The maximum absolute atomic E-state index is 12.9. The number of carbonyl (C=O) groups excluding carboxylic acids is 1. The predicted octanol–water partition coefficient (Wildman–Crippen LogP) is 3.78. The van der Waals surface area contributed by atoms with Gasteiger partial charge in [0.15, 0.2) is 0 Å². The van der Waals surface area contributed by atoms with Gasteiger partial charge >= 0.3 is 6.18 Å². The van der Waals surface area contributed by atoms with Crippen LogP contribution in [0.5, 0.6) is 0 Å². The van der Waals surface area contributed by atoms with Gasteiger partial charge < -0.3 is 16.0 Å². The molecule has 4 heterocycles. The van der Waals surface area contributed by atoms with Gasteiger partial charge in [-0.25, -0.2) is 4.98 Å². The molecule has 2 aliphatic heterocycles. The fourth-order valence-electron chi connectivity index (χ4n) is 5.12. The lowest BCUT2D eigenvalue weighted by molar-refractivity contribution is -0.137. The van der Waals surface area contributed by atoms with Gasteiger partial charge in [-0.05, 0) is 37.8 Å². The molecule has 2 bridgehead atoms. The molecule has 162 valence electrons. The average Bonchev–Trinajstić information content (AvgIpc) is 3.30. The molecule has 31 heavy (non-hydrogen) atoms. The minimum absolute atomic E-state index is 0.127. The minimum atomic E-state index is -4.39. The van der Waals surface area contributed by atoms with Crippen molar-refractivity contribution < 1.29 is 18.0 Å². The number of allylic oxidation sites excluding steroid dienone is 1. The lowest BCUT2D eigenvalue weighted by atomic mass is 9.95. The quantitative estimate of drug-likeness (QED) is 0.773. The van der Waals surface area contributed by atoms with Gasteiger partial charge in [-0.15, -0.1) is 0 Å². The molecule has 2 aromatic heterocycles. The van der Waals surface area contributed by atoms with Gasteiger partial charge in [0.25, 0.3) is 5.91 Å². The number of halogens is 3. The number of nitrogens with zero attached hydrogens (tertiary/aromatic N) is 3. The molecule has 1 unspecified atom stereocenters. The number of piperidine rings is 1. The highest BCUT2D eigenvalue weighted by Gasteiger charge is 2.42. The van der Waals surface area contributed by atoms with E-state index in [1.807, 2.05) is 12.2 Å². The first-order valence-corrected chi connectivity index (χ1v) is 10.4. The lowest BCUT2D eigenvalue weighted by Gasteiger charge is -2.40. The van der Waals surface area contributed by atoms with Crippen LogP contribution in [0.15, 0.2) is 30.6 Å². The van der Waals surface area contributed by atoms with E-state index in [1.54, 1.807) is 0 Å². The maximum Gasteiger partial charge on any atom is 0.417 e. The number of fused-ring (bicyclic) bond motifs is 3. The third kappa shape index (κ3) is 3.51. The smallest absolute Gasteiger partial charge is 0.381 e. The van der Waals surface area contributed by atoms with Crippen molar-refractivity contribution in [1.29, 1.82) is 0 Å². The summed E-state index contributed by atoms with van der Waals surface area (Å²) >= 11 is 0. The number of rotatable bonds is 4. The normalized spacial score (nSPS) is 24.4. The Morgan fingerprint density at radius 1 is 1.13 bits per heavy atom. The van der Waals surface area contributed by atoms with Crippen molar-refractivity contribution in [2.45, 2.75) is 56.4 Å². The summed E-state index contributed by atoms with van der Waals surface area (Å²) in [6, 6.07) is 3.05. The van der Waals surface area contributed by atoms with E-state index in [9.17, 15) is 18.0 Å². The topological polar surface area (TPSA) is 84.1 Å². The molecule has 0 radical (unpaired) electrons. The first kappa shape index (κ1) is 19.8. The molecule has 0 aromatic carbocycles. The number of alkyl halides is 3. The summed E-state index contributed by atoms with van der Waals surface area (Å²) in [5.74, 6) is 0.0666. The Kier molecular flexibility index (Phi) is 4.64. The molecule has 0 saturated carbocycles. The molecular weight excluding hydrogens is 407 g/mol. The lowest BCUT2D eigenvalue weighted by Crippen LogP contribution is -2.47. The Bertz CT molecular complexity index is 1040. The summed E-state index contributed by atoms with van der Waals surface area (Å²) in [5, 5.41) is 3.55. The zero-order valence-corrected chi connectivity index (χ0v) is 16.7. The van der Waals surface area contributed by atoms with E-state index in [4.69, 9.17) is 5.73 Å². The summed E-state index contributed by atoms with van der Waals surface area (Å²) in [4.78, 5) is 22.6. The maximum atomic E-state index is 12.9. The van der Waals surface area contributed by atoms with Crippen molar-refractivity contribution in [3.05, 3.63) is 53.0 Å². The van der Waals surface area contributed by atoms with Gasteiger partial charge in [-0.2, -0.15) is 13.2 Å². The highest BCUT2D eigenvalue weighted by atomic mass is 19.4. The Morgan fingerprint density at radius 2 is 1.87 bits per heavy atom. The van der Waals surface area contributed by atoms with Gasteiger partial charge in [-0.3, -0.25) is 9.78 Å². The van der Waals surface area contributed by atoms with Crippen LogP contribution in [-0.2, 0) is 12.6 Å². The summed E-state index contributed by atoms with van der Waals surface area (Å²) in [7, 11) is 0. The number of pyridine rings is 2. The number of nitrogens with one attached hydrogen (secondary N) is 1. The second-order valence-corrected chi connectivity index (χ2v) is 8.39. The van der Waals surface area contributed by atoms with Crippen LogP contribution in [-0.4, -0.2) is 34.0 Å². The van der Waals surface area contributed by atoms with Crippen LogP contribution in [0.4, 0.5) is 24.7 Å². The molecule has 6 nitrogen and oxygen atoms in total. The summed E-state index contributed by atoms with van der Waals surface area (Å²) in [6.07, 6.45) is 6.28. The SMILES string of the molecule is NC(=O)c1cnc2c(c1NC1C[C@H]3CC[C@@H](C1)N3c1ccc(C(F)(F)F)cn1)C=CC2.